The summed E-state index contributed by atoms with van der Waals surface area (Å²) in [5.41, 5.74) is 1.95. The van der Waals surface area contributed by atoms with Crippen LogP contribution in [0.15, 0.2) is 24.3 Å². The Labute approximate surface area is 184 Å². The molecule has 0 bridgehead atoms. The highest BCUT2D eigenvalue weighted by atomic mass is 16.5. The van der Waals surface area contributed by atoms with Crippen molar-refractivity contribution in [2.24, 2.45) is 11.8 Å². The summed E-state index contributed by atoms with van der Waals surface area (Å²) in [7, 11) is 9.64. The Bertz CT molecular complexity index is 787. The van der Waals surface area contributed by atoms with E-state index in [1.54, 1.807) is 42.7 Å². The third kappa shape index (κ3) is 4.06. The van der Waals surface area contributed by atoms with Gasteiger partial charge in [-0.3, -0.25) is 0 Å². The monoisotopic (exact) mass is 432 g/mol. The Kier molecular flexibility index (Phi) is 7.05. The van der Waals surface area contributed by atoms with Gasteiger partial charge in [0.15, 0.2) is 23.0 Å². The predicted octanol–water partition coefficient (Wildman–Crippen LogP) is 4.82. The highest BCUT2D eigenvalue weighted by molar-refractivity contribution is 5.56. The van der Waals surface area contributed by atoms with Crippen LogP contribution in [-0.4, -0.2) is 42.7 Å². The van der Waals surface area contributed by atoms with Crippen molar-refractivity contribution in [2.45, 2.75) is 26.1 Å². The molecule has 1 aliphatic heterocycles. The van der Waals surface area contributed by atoms with E-state index in [1.165, 1.54) is 0 Å². The molecule has 1 aliphatic rings. The summed E-state index contributed by atoms with van der Waals surface area (Å²) in [6.07, 6.45) is -0.291. The van der Waals surface area contributed by atoms with Gasteiger partial charge in [0, 0.05) is 0 Å². The molecule has 2 aromatic carbocycles. The first-order valence-electron chi connectivity index (χ1n) is 10.2. The molecule has 0 amide bonds. The van der Waals surface area contributed by atoms with E-state index in [4.69, 9.17) is 33.2 Å². The van der Waals surface area contributed by atoms with Crippen LogP contribution in [0.3, 0.4) is 0 Å². The standard InChI is InChI=1S/C24H32O7/c1-13-14(2)22(16-11-19(27-5)24(30-8)20(12-16)28-6)31-21(13)15-9-17(25-3)23(29-7)18(10-15)26-4/h9-14,21-22H,1-8H3/t13-,14-,21+,22+/m0/s1. The fourth-order valence-electron chi connectivity index (χ4n) is 4.25. The maximum Gasteiger partial charge on any atom is 0.203 e. The molecule has 3 rings (SSSR count). The third-order valence-electron chi connectivity index (χ3n) is 6.11. The van der Waals surface area contributed by atoms with Gasteiger partial charge in [0.1, 0.15) is 0 Å². The topological polar surface area (TPSA) is 64.6 Å². The molecule has 31 heavy (non-hydrogen) atoms. The van der Waals surface area contributed by atoms with E-state index >= 15 is 0 Å². The van der Waals surface area contributed by atoms with Crippen LogP contribution in [0.4, 0.5) is 0 Å². The Morgan fingerprint density at radius 3 is 1.03 bits per heavy atom. The van der Waals surface area contributed by atoms with Gasteiger partial charge in [-0.2, -0.15) is 0 Å². The van der Waals surface area contributed by atoms with Crippen LogP contribution in [0.5, 0.6) is 34.5 Å². The number of methoxy groups -OCH3 is 6. The molecule has 0 aromatic heterocycles. The van der Waals surface area contributed by atoms with Crippen LogP contribution in [0, 0.1) is 11.8 Å². The molecular formula is C24H32O7. The van der Waals surface area contributed by atoms with E-state index in [0.29, 0.717) is 34.5 Å². The molecule has 2 aromatic rings. The van der Waals surface area contributed by atoms with Crippen LogP contribution in [0.25, 0.3) is 0 Å². The second kappa shape index (κ2) is 9.56. The normalized spacial score (nSPS) is 22.7. The fraction of sp³-hybridized carbons (Fsp3) is 0.500. The van der Waals surface area contributed by atoms with Crippen molar-refractivity contribution in [1.82, 2.24) is 0 Å². The quantitative estimate of drug-likeness (QED) is 0.592. The van der Waals surface area contributed by atoms with Gasteiger partial charge in [0.25, 0.3) is 0 Å². The van der Waals surface area contributed by atoms with Crippen LogP contribution in [0.1, 0.15) is 37.2 Å². The van der Waals surface area contributed by atoms with E-state index < -0.39 is 0 Å². The van der Waals surface area contributed by atoms with Crippen molar-refractivity contribution in [1.29, 1.82) is 0 Å². The Morgan fingerprint density at radius 2 is 0.806 bits per heavy atom. The lowest BCUT2D eigenvalue weighted by atomic mass is 9.85. The summed E-state index contributed by atoms with van der Waals surface area (Å²) >= 11 is 0. The molecule has 0 spiro atoms. The molecule has 1 saturated heterocycles. The number of hydrogen-bond acceptors (Lipinski definition) is 7. The first-order valence-corrected chi connectivity index (χ1v) is 10.2. The molecule has 0 radical (unpaired) electrons. The second-order valence-electron chi connectivity index (χ2n) is 7.61. The van der Waals surface area contributed by atoms with Gasteiger partial charge in [-0.05, 0) is 47.2 Å². The average molecular weight is 433 g/mol. The highest BCUT2D eigenvalue weighted by Gasteiger charge is 2.41. The molecule has 1 fully saturated rings. The van der Waals surface area contributed by atoms with E-state index in [2.05, 4.69) is 13.8 Å². The smallest absolute Gasteiger partial charge is 0.203 e. The molecule has 0 aliphatic carbocycles. The highest BCUT2D eigenvalue weighted by Crippen LogP contribution is 2.53. The summed E-state index contributed by atoms with van der Waals surface area (Å²) in [5.74, 6) is 4.04. The van der Waals surface area contributed by atoms with Gasteiger partial charge in [0.2, 0.25) is 11.5 Å². The maximum absolute atomic E-state index is 6.60. The average Bonchev–Trinajstić information content (AvgIpc) is 3.11. The molecule has 0 N–H and O–H groups in total. The summed E-state index contributed by atoms with van der Waals surface area (Å²) in [6.45, 7) is 4.38. The number of rotatable bonds is 8. The predicted molar refractivity (Wildman–Crippen MR) is 117 cm³/mol. The summed E-state index contributed by atoms with van der Waals surface area (Å²) < 4.78 is 39.6. The van der Waals surface area contributed by atoms with Gasteiger partial charge in [-0.25, -0.2) is 0 Å². The van der Waals surface area contributed by atoms with Crippen LogP contribution < -0.4 is 28.4 Å². The molecule has 7 heteroatoms. The minimum absolute atomic E-state index is 0.146. The molecule has 0 unspecified atom stereocenters. The van der Waals surface area contributed by atoms with Crippen molar-refractivity contribution >= 4 is 0 Å². The minimum atomic E-state index is -0.146. The van der Waals surface area contributed by atoms with Gasteiger partial charge in [0.05, 0.1) is 54.9 Å². The first-order chi connectivity index (χ1) is 14.9. The summed E-state index contributed by atoms with van der Waals surface area (Å²) in [6, 6.07) is 7.80. The molecule has 170 valence electrons. The van der Waals surface area contributed by atoms with Crippen LogP contribution in [-0.2, 0) is 4.74 Å². The molecular weight excluding hydrogens is 400 g/mol. The fourth-order valence-corrected chi connectivity index (χ4v) is 4.25. The lowest BCUT2D eigenvalue weighted by molar-refractivity contribution is 0.0285. The summed E-state index contributed by atoms with van der Waals surface area (Å²) in [5, 5.41) is 0. The zero-order valence-electron chi connectivity index (χ0n) is 19.5. The first kappa shape index (κ1) is 22.9. The number of benzene rings is 2. The molecule has 7 nitrogen and oxygen atoms in total. The van der Waals surface area contributed by atoms with Gasteiger partial charge < -0.3 is 33.2 Å². The SMILES string of the molecule is COc1cc([C@@H]2O[C@@H](c3cc(OC)c(OC)c(OC)c3)[C@@H](C)[C@@H]2C)cc(OC)c1OC. The Morgan fingerprint density at radius 1 is 0.516 bits per heavy atom. The molecule has 0 saturated carbocycles. The second-order valence-corrected chi connectivity index (χ2v) is 7.61. The molecule has 4 atom stereocenters. The van der Waals surface area contributed by atoms with Gasteiger partial charge >= 0.3 is 0 Å². The van der Waals surface area contributed by atoms with E-state index in [-0.39, 0.29) is 24.0 Å². The minimum Gasteiger partial charge on any atom is -0.493 e. The lowest BCUT2D eigenvalue weighted by Gasteiger charge is -2.20. The number of hydrogen-bond donors (Lipinski definition) is 0. The van der Waals surface area contributed by atoms with E-state index in [1.807, 2.05) is 24.3 Å². The largest absolute Gasteiger partial charge is 0.493 e. The van der Waals surface area contributed by atoms with Gasteiger partial charge in [-0.1, -0.05) is 13.8 Å². The zero-order valence-corrected chi connectivity index (χ0v) is 19.5. The van der Waals surface area contributed by atoms with E-state index in [9.17, 15) is 0 Å². The van der Waals surface area contributed by atoms with Crippen LogP contribution in [0.2, 0.25) is 0 Å². The van der Waals surface area contributed by atoms with Crippen LogP contribution >= 0.6 is 0 Å². The Hall–Kier alpha value is -2.80. The maximum atomic E-state index is 6.60. The van der Waals surface area contributed by atoms with Gasteiger partial charge in [-0.15, -0.1) is 0 Å². The lowest BCUT2D eigenvalue weighted by Crippen LogP contribution is -2.10. The zero-order chi connectivity index (χ0) is 22.7. The Balaban J connectivity index is 2.01. The third-order valence-corrected chi connectivity index (χ3v) is 6.11. The van der Waals surface area contributed by atoms with Crippen molar-refractivity contribution in [3.63, 3.8) is 0 Å². The van der Waals surface area contributed by atoms with Crippen molar-refractivity contribution in [3.8, 4) is 34.5 Å². The van der Waals surface area contributed by atoms with Crippen molar-refractivity contribution < 1.29 is 33.2 Å². The van der Waals surface area contributed by atoms with E-state index in [0.717, 1.165) is 11.1 Å². The van der Waals surface area contributed by atoms with Crippen molar-refractivity contribution in [2.75, 3.05) is 42.7 Å². The molecule has 1 heterocycles. The summed E-state index contributed by atoms with van der Waals surface area (Å²) in [4.78, 5) is 0. The number of ether oxygens (including phenoxy) is 7. The van der Waals surface area contributed by atoms with Crippen molar-refractivity contribution in [3.05, 3.63) is 35.4 Å².